The molecule has 51 heavy (non-hydrogen) atoms. The fraction of sp³-hybridized carbons (Fsp3) is 0.500. The first kappa shape index (κ1) is 39.5. The lowest BCUT2D eigenvalue weighted by Crippen LogP contribution is -2.50. The zero-order valence-corrected chi connectivity index (χ0v) is 30.0. The second-order valence-electron chi connectivity index (χ2n) is 12.6. The van der Waals surface area contributed by atoms with Gasteiger partial charge in [0.05, 0.1) is 18.0 Å². The molecule has 2 aromatic rings. The van der Waals surface area contributed by atoms with Gasteiger partial charge in [0.15, 0.2) is 19.7 Å². The molecule has 2 aromatic carbocycles. The van der Waals surface area contributed by atoms with Crippen molar-refractivity contribution in [2.75, 3.05) is 37.4 Å². The van der Waals surface area contributed by atoms with Gasteiger partial charge in [-0.25, -0.2) is 31.2 Å². The van der Waals surface area contributed by atoms with Crippen LogP contribution in [0.1, 0.15) is 36.8 Å². The zero-order valence-electron chi connectivity index (χ0n) is 28.4. The van der Waals surface area contributed by atoms with Gasteiger partial charge in [0.25, 0.3) is 0 Å². The molecule has 0 aliphatic carbocycles. The van der Waals surface area contributed by atoms with Gasteiger partial charge in [-0.3, -0.25) is 14.5 Å². The van der Waals surface area contributed by atoms with E-state index in [9.17, 15) is 36.0 Å². The Morgan fingerprint density at radius 1 is 0.745 bits per heavy atom. The molecule has 0 unspecified atom stereocenters. The predicted molar refractivity (Wildman–Crippen MR) is 183 cm³/mol. The molecule has 19 heteroatoms. The van der Waals surface area contributed by atoms with Crippen LogP contribution in [-0.4, -0.2) is 127 Å². The van der Waals surface area contributed by atoms with Crippen molar-refractivity contribution >= 4 is 43.6 Å². The van der Waals surface area contributed by atoms with E-state index in [-0.39, 0.29) is 36.6 Å². The molecule has 0 aromatic heterocycles. The molecule has 280 valence electrons. The minimum Gasteiger partial charge on any atom is -0.480 e. The maximum atomic E-state index is 12.6. The van der Waals surface area contributed by atoms with Crippen molar-refractivity contribution in [1.82, 2.24) is 25.2 Å². The molecule has 4 aliphatic heterocycles. The smallest absolute Gasteiger partial charge is 0.345 e. The van der Waals surface area contributed by atoms with E-state index in [4.69, 9.17) is 20.5 Å². The van der Waals surface area contributed by atoms with Crippen molar-refractivity contribution in [1.29, 1.82) is 0 Å². The van der Waals surface area contributed by atoms with Gasteiger partial charge in [-0.1, -0.05) is 60.7 Å². The Morgan fingerprint density at radius 2 is 1.16 bits per heavy atom. The number of hydrogen-bond donors (Lipinski definition) is 3. The van der Waals surface area contributed by atoms with Gasteiger partial charge in [-0.05, 0) is 36.8 Å². The van der Waals surface area contributed by atoms with Gasteiger partial charge in [0.2, 0.25) is 5.91 Å². The third kappa shape index (κ3) is 11.1. The number of benzene rings is 2. The molecular formula is C32H44N6O11S2. The van der Waals surface area contributed by atoms with E-state index in [1.807, 2.05) is 60.7 Å². The van der Waals surface area contributed by atoms with Crippen LogP contribution in [0.3, 0.4) is 0 Å². The Hall–Kier alpha value is -4.30. The average Bonchev–Trinajstić information content (AvgIpc) is 3.48. The fourth-order valence-corrected chi connectivity index (χ4v) is 6.29. The van der Waals surface area contributed by atoms with Crippen molar-refractivity contribution in [3.8, 4) is 0 Å². The van der Waals surface area contributed by atoms with E-state index >= 15 is 0 Å². The molecule has 4 aliphatic rings. The number of amides is 5. The van der Waals surface area contributed by atoms with Crippen molar-refractivity contribution in [3.05, 3.63) is 71.8 Å². The Morgan fingerprint density at radius 3 is 1.55 bits per heavy atom. The number of nitrogens with zero attached hydrogens (tertiary/aromatic N) is 4. The summed E-state index contributed by atoms with van der Waals surface area (Å²) in [6.45, 7) is 1.44. The van der Waals surface area contributed by atoms with Gasteiger partial charge >= 0.3 is 18.0 Å². The lowest BCUT2D eigenvalue weighted by molar-refractivity contribution is -0.143. The van der Waals surface area contributed by atoms with Crippen LogP contribution in [0.2, 0.25) is 0 Å². The van der Waals surface area contributed by atoms with Crippen LogP contribution < -0.4 is 11.1 Å². The number of carboxylic acid groups (broad SMARTS) is 1. The number of hydroxylamine groups is 4. The highest BCUT2D eigenvalue weighted by atomic mass is 32.2. The number of fused-ring (bicyclic) bond motifs is 4. The zero-order chi connectivity index (χ0) is 37.3. The first-order valence-corrected chi connectivity index (χ1v) is 20.3. The van der Waals surface area contributed by atoms with Crippen LogP contribution >= 0.6 is 0 Å². The summed E-state index contributed by atoms with van der Waals surface area (Å²) in [7, 11) is -6.19. The summed E-state index contributed by atoms with van der Waals surface area (Å²) >= 11 is 0. The van der Waals surface area contributed by atoms with Gasteiger partial charge < -0.3 is 26.0 Å². The van der Waals surface area contributed by atoms with Crippen LogP contribution in [0, 0.1) is 0 Å². The molecule has 17 nitrogen and oxygen atoms in total. The highest BCUT2D eigenvalue weighted by Gasteiger charge is 2.49. The highest BCUT2D eigenvalue weighted by Crippen LogP contribution is 2.31. The summed E-state index contributed by atoms with van der Waals surface area (Å²) in [5, 5.41) is 14.2. The molecular weight excluding hydrogens is 709 g/mol. The molecule has 0 radical (unpaired) electrons. The van der Waals surface area contributed by atoms with E-state index < -0.39 is 49.5 Å². The minimum atomic E-state index is -3.31. The maximum Gasteiger partial charge on any atom is 0.345 e. The quantitative estimate of drug-likeness (QED) is 0.291. The molecule has 0 saturated carbocycles. The summed E-state index contributed by atoms with van der Waals surface area (Å²) in [4.78, 5) is 62.2. The van der Waals surface area contributed by atoms with Crippen molar-refractivity contribution in [2.24, 2.45) is 5.73 Å². The number of hydrogen-bond acceptors (Lipinski definition) is 11. The summed E-state index contributed by atoms with van der Waals surface area (Å²) in [5.74, 6) is -2.07. The van der Waals surface area contributed by atoms with E-state index in [0.29, 0.717) is 45.4 Å². The van der Waals surface area contributed by atoms with Crippen molar-refractivity contribution in [3.63, 3.8) is 0 Å². The van der Waals surface area contributed by atoms with Crippen LogP contribution in [0.5, 0.6) is 0 Å². The Labute approximate surface area is 297 Å². The van der Waals surface area contributed by atoms with Gasteiger partial charge in [0.1, 0.15) is 31.2 Å². The van der Waals surface area contributed by atoms with Gasteiger partial charge in [-0.2, -0.15) is 10.1 Å². The maximum absolute atomic E-state index is 12.6. The number of nitrogens with two attached hydrogens (primary N) is 1. The first-order chi connectivity index (χ1) is 24.1. The Bertz CT molecular complexity index is 1750. The number of urea groups is 2. The van der Waals surface area contributed by atoms with E-state index in [2.05, 4.69) is 5.32 Å². The normalized spacial score (nSPS) is 22.5. The second kappa shape index (κ2) is 17.3. The van der Waals surface area contributed by atoms with Crippen molar-refractivity contribution < 1.29 is 50.8 Å². The minimum absolute atomic E-state index is 0.0400. The Kier molecular flexibility index (Phi) is 13.4. The summed E-state index contributed by atoms with van der Waals surface area (Å²) in [6, 6.07) is 16.9. The number of piperidine rings is 2. The molecule has 4 fully saturated rings. The second-order valence-corrected chi connectivity index (χ2v) is 16.9. The standard InChI is InChI=1S/C16H21N3O5S.C14H16N2O4.C2H7NO2S/c1-25(22,23)11-17-15(20)14-8-7-13-9-18(14)16(21)19(13)24-10-12-5-3-2-4-6-12;17-13(18)12-7-6-11-8-15(12)14(19)16(11)20-9-10-4-2-1-3-5-10;1-6(4,5)2-3/h2-6,13-14H,7-11H2,1H3,(H,17,20);1-5,11-12H,6-9H2,(H,17,18);2-3H2,1H3/t13-,14+;11-,12+;/m11./s1. The first-order valence-electron chi connectivity index (χ1n) is 16.2. The summed E-state index contributed by atoms with van der Waals surface area (Å²) < 4.78 is 42.1. The number of nitrogens with one attached hydrogen (secondary N) is 1. The molecule has 4 saturated heterocycles. The monoisotopic (exact) mass is 752 g/mol. The number of carbonyl (C=O) groups is 4. The summed E-state index contributed by atoms with van der Waals surface area (Å²) in [5.41, 5.74) is 6.65. The van der Waals surface area contributed by atoms with E-state index in [0.717, 1.165) is 23.6 Å². The number of aliphatic carboxylic acids is 1. The average molecular weight is 753 g/mol. The number of carboxylic acids is 1. The Balaban J connectivity index is 0.000000201. The molecule has 4 N–H and O–H groups in total. The van der Waals surface area contributed by atoms with E-state index in [1.165, 1.54) is 19.9 Å². The predicted octanol–water partition coefficient (Wildman–Crippen LogP) is 0.924. The molecule has 4 atom stereocenters. The third-order valence-corrected chi connectivity index (χ3v) is 9.75. The van der Waals surface area contributed by atoms with Gasteiger partial charge in [0, 0.05) is 25.6 Å². The molecule has 4 heterocycles. The van der Waals surface area contributed by atoms with E-state index in [1.54, 1.807) is 0 Å². The topological polar surface area (TPSA) is 226 Å². The fourth-order valence-electron chi connectivity index (χ4n) is 5.88. The SMILES string of the molecule is CS(=O)(=O)CN.CS(=O)(=O)CNC(=O)[C@@H]1CC[C@@H]2CN1C(=O)N2OCc1ccccc1.O=C(O)[C@@H]1CC[C@@H]2CN1C(=O)N2OCc1ccccc1. The summed E-state index contributed by atoms with van der Waals surface area (Å²) in [6.07, 6.45) is 4.40. The number of carbonyl (C=O) groups excluding carboxylic acids is 3. The lowest BCUT2D eigenvalue weighted by Gasteiger charge is -2.29. The molecule has 5 amide bonds. The largest absolute Gasteiger partial charge is 0.480 e. The van der Waals surface area contributed by atoms with Crippen molar-refractivity contribution in [2.45, 2.75) is 63.1 Å². The molecule has 0 spiro atoms. The van der Waals surface area contributed by atoms with Gasteiger partial charge in [-0.15, -0.1) is 0 Å². The van der Waals surface area contributed by atoms with Crippen LogP contribution in [-0.2, 0) is 52.2 Å². The van der Waals surface area contributed by atoms with Crippen LogP contribution in [0.15, 0.2) is 60.7 Å². The number of rotatable bonds is 11. The number of sulfone groups is 2. The third-order valence-electron chi connectivity index (χ3n) is 8.47. The molecule has 4 bridgehead atoms. The molecule has 6 rings (SSSR count). The van der Waals surface area contributed by atoms with Crippen LogP contribution in [0.25, 0.3) is 0 Å². The highest BCUT2D eigenvalue weighted by molar-refractivity contribution is 7.90. The lowest BCUT2D eigenvalue weighted by atomic mass is 10.0. The van der Waals surface area contributed by atoms with Crippen LogP contribution in [0.4, 0.5) is 9.59 Å².